The molecular formula is C21H22ClN3O. The monoisotopic (exact) mass is 367 g/mol. The average Bonchev–Trinajstić information content (AvgIpc) is 3.11. The maximum absolute atomic E-state index is 6.11. The molecule has 0 unspecified atom stereocenters. The van der Waals surface area contributed by atoms with E-state index < -0.39 is 0 Å². The molecule has 1 fully saturated rings. The van der Waals surface area contributed by atoms with Crippen molar-refractivity contribution in [2.45, 2.75) is 13.5 Å². The van der Waals surface area contributed by atoms with Crippen molar-refractivity contribution in [2.75, 3.05) is 31.1 Å². The first-order valence-electron chi connectivity index (χ1n) is 8.92. The number of oxazole rings is 1. The van der Waals surface area contributed by atoms with Gasteiger partial charge >= 0.3 is 0 Å². The molecule has 26 heavy (non-hydrogen) atoms. The predicted octanol–water partition coefficient (Wildman–Crippen LogP) is 4.63. The lowest BCUT2D eigenvalue weighted by molar-refractivity contribution is 0.247. The van der Waals surface area contributed by atoms with Gasteiger partial charge in [-0.25, -0.2) is 4.98 Å². The number of anilines is 1. The molecule has 0 bridgehead atoms. The van der Waals surface area contributed by atoms with Gasteiger partial charge in [0.15, 0.2) is 0 Å². The third-order valence-electron chi connectivity index (χ3n) is 4.86. The fraction of sp³-hybridized carbons (Fsp3) is 0.286. The molecule has 4 rings (SSSR count). The molecule has 1 aromatic heterocycles. The molecule has 0 amide bonds. The van der Waals surface area contributed by atoms with E-state index in [1.165, 1.54) is 11.3 Å². The first-order valence-corrected chi connectivity index (χ1v) is 9.30. The van der Waals surface area contributed by atoms with Crippen LogP contribution < -0.4 is 4.90 Å². The highest BCUT2D eigenvalue weighted by Gasteiger charge is 2.19. The van der Waals surface area contributed by atoms with Gasteiger partial charge in [-0.05, 0) is 36.8 Å². The molecular weight excluding hydrogens is 346 g/mol. The van der Waals surface area contributed by atoms with Gasteiger partial charge < -0.3 is 9.32 Å². The fourth-order valence-corrected chi connectivity index (χ4v) is 3.57. The lowest BCUT2D eigenvalue weighted by atomic mass is 10.1. The number of benzene rings is 2. The first-order chi connectivity index (χ1) is 12.7. The van der Waals surface area contributed by atoms with Crippen molar-refractivity contribution < 1.29 is 4.42 Å². The second-order valence-electron chi connectivity index (χ2n) is 6.70. The van der Waals surface area contributed by atoms with Crippen molar-refractivity contribution in [3.8, 4) is 11.5 Å². The summed E-state index contributed by atoms with van der Waals surface area (Å²) >= 11 is 6.11. The normalized spacial score (nSPS) is 15.4. The molecule has 2 heterocycles. The summed E-state index contributed by atoms with van der Waals surface area (Å²) in [6, 6.07) is 16.2. The summed E-state index contributed by atoms with van der Waals surface area (Å²) in [5.74, 6) is 0.704. The summed E-state index contributed by atoms with van der Waals surface area (Å²) in [7, 11) is 0. The Kier molecular flexibility index (Phi) is 4.96. The number of aromatic nitrogens is 1. The van der Waals surface area contributed by atoms with E-state index in [1.807, 2.05) is 30.3 Å². The molecule has 3 aromatic rings. The SMILES string of the molecule is Cc1ccccc1-c1nc(CN2CCN(c3cccc(Cl)c3)CC2)co1. The van der Waals surface area contributed by atoms with Crippen molar-refractivity contribution in [3.63, 3.8) is 0 Å². The van der Waals surface area contributed by atoms with Gasteiger partial charge in [0.1, 0.15) is 6.26 Å². The van der Waals surface area contributed by atoms with E-state index in [1.54, 1.807) is 6.26 Å². The van der Waals surface area contributed by atoms with Gasteiger partial charge in [0.2, 0.25) is 5.89 Å². The summed E-state index contributed by atoms with van der Waals surface area (Å²) in [4.78, 5) is 9.48. The van der Waals surface area contributed by atoms with Gasteiger partial charge in [-0.15, -0.1) is 0 Å². The molecule has 0 radical (unpaired) electrons. The Morgan fingerprint density at radius 2 is 1.85 bits per heavy atom. The van der Waals surface area contributed by atoms with Gasteiger partial charge in [-0.1, -0.05) is 35.9 Å². The number of rotatable bonds is 4. The Balaban J connectivity index is 1.37. The molecule has 2 aromatic carbocycles. The number of aryl methyl sites for hydroxylation is 1. The first kappa shape index (κ1) is 17.1. The molecule has 134 valence electrons. The summed E-state index contributed by atoms with van der Waals surface area (Å²) in [5.41, 5.74) is 4.42. The number of piperazine rings is 1. The van der Waals surface area contributed by atoms with Crippen LogP contribution >= 0.6 is 11.6 Å². The van der Waals surface area contributed by atoms with Crippen LogP contribution in [0.15, 0.2) is 59.2 Å². The minimum Gasteiger partial charge on any atom is -0.444 e. The van der Waals surface area contributed by atoms with E-state index in [-0.39, 0.29) is 0 Å². The number of hydrogen-bond donors (Lipinski definition) is 0. The van der Waals surface area contributed by atoms with Gasteiger partial charge in [0.05, 0.1) is 5.69 Å². The van der Waals surface area contributed by atoms with E-state index >= 15 is 0 Å². The summed E-state index contributed by atoms with van der Waals surface area (Å²) in [6.45, 7) is 6.87. The van der Waals surface area contributed by atoms with Gasteiger partial charge in [-0.3, -0.25) is 4.90 Å². The zero-order chi connectivity index (χ0) is 17.9. The van der Waals surface area contributed by atoms with Crippen molar-refractivity contribution in [3.05, 3.63) is 71.1 Å². The Bertz CT molecular complexity index is 884. The lowest BCUT2D eigenvalue weighted by Gasteiger charge is -2.35. The minimum atomic E-state index is 0.704. The maximum atomic E-state index is 6.11. The fourth-order valence-electron chi connectivity index (χ4n) is 3.38. The van der Waals surface area contributed by atoms with Crippen LogP contribution in [-0.4, -0.2) is 36.1 Å². The highest BCUT2D eigenvalue weighted by molar-refractivity contribution is 6.30. The Hall–Kier alpha value is -2.30. The van der Waals surface area contributed by atoms with Crippen LogP contribution in [0.5, 0.6) is 0 Å². The number of halogens is 1. The van der Waals surface area contributed by atoms with E-state index in [0.717, 1.165) is 49.0 Å². The average molecular weight is 368 g/mol. The second kappa shape index (κ2) is 7.52. The Labute approximate surface area is 159 Å². The summed E-state index contributed by atoms with van der Waals surface area (Å²) in [6.07, 6.45) is 1.78. The molecule has 4 nitrogen and oxygen atoms in total. The van der Waals surface area contributed by atoms with Crippen molar-refractivity contribution in [2.24, 2.45) is 0 Å². The summed E-state index contributed by atoms with van der Waals surface area (Å²) in [5, 5.41) is 0.788. The quantitative estimate of drug-likeness (QED) is 0.673. The molecule has 0 N–H and O–H groups in total. The maximum Gasteiger partial charge on any atom is 0.226 e. The molecule has 0 saturated carbocycles. The van der Waals surface area contributed by atoms with Crippen molar-refractivity contribution in [1.82, 2.24) is 9.88 Å². The Morgan fingerprint density at radius 3 is 2.62 bits per heavy atom. The molecule has 1 aliphatic heterocycles. The van der Waals surface area contributed by atoms with E-state index in [2.05, 4.69) is 39.9 Å². The van der Waals surface area contributed by atoms with Crippen LogP contribution in [-0.2, 0) is 6.54 Å². The van der Waals surface area contributed by atoms with Gasteiger partial charge in [-0.2, -0.15) is 0 Å². The molecule has 1 saturated heterocycles. The van der Waals surface area contributed by atoms with Crippen LogP contribution in [0.1, 0.15) is 11.3 Å². The zero-order valence-corrected chi connectivity index (χ0v) is 15.6. The highest BCUT2D eigenvalue weighted by Crippen LogP contribution is 2.24. The highest BCUT2D eigenvalue weighted by atomic mass is 35.5. The van der Waals surface area contributed by atoms with Crippen LogP contribution in [0.4, 0.5) is 5.69 Å². The predicted molar refractivity (Wildman–Crippen MR) is 106 cm³/mol. The second-order valence-corrected chi connectivity index (χ2v) is 7.14. The largest absolute Gasteiger partial charge is 0.444 e. The number of hydrogen-bond acceptors (Lipinski definition) is 4. The van der Waals surface area contributed by atoms with Crippen LogP contribution in [0.3, 0.4) is 0 Å². The topological polar surface area (TPSA) is 32.5 Å². The van der Waals surface area contributed by atoms with Crippen molar-refractivity contribution in [1.29, 1.82) is 0 Å². The molecule has 5 heteroatoms. The van der Waals surface area contributed by atoms with Gasteiger partial charge in [0.25, 0.3) is 0 Å². The van der Waals surface area contributed by atoms with Crippen molar-refractivity contribution >= 4 is 17.3 Å². The van der Waals surface area contributed by atoms with Crippen LogP contribution in [0.25, 0.3) is 11.5 Å². The van der Waals surface area contributed by atoms with E-state index in [0.29, 0.717) is 5.89 Å². The van der Waals surface area contributed by atoms with E-state index in [9.17, 15) is 0 Å². The minimum absolute atomic E-state index is 0.704. The third-order valence-corrected chi connectivity index (χ3v) is 5.09. The number of nitrogens with zero attached hydrogens (tertiary/aromatic N) is 3. The van der Waals surface area contributed by atoms with E-state index in [4.69, 9.17) is 16.0 Å². The third kappa shape index (κ3) is 3.76. The molecule has 1 aliphatic rings. The Morgan fingerprint density at radius 1 is 1.04 bits per heavy atom. The molecule has 0 aliphatic carbocycles. The summed E-state index contributed by atoms with van der Waals surface area (Å²) < 4.78 is 5.71. The lowest BCUT2D eigenvalue weighted by Crippen LogP contribution is -2.46. The zero-order valence-electron chi connectivity index (χ0n) is 14.9. The smallest absolute Gasteiger partial charge is 0.226 e. The van der Waals surface area contributed by atoms with Crippen LogP contribution in [0.2, 0.25) is 5.02 Å². The van der Waals surface area contributed by atoms with Gasteiger partial charge in [0, 0.05) is 49.0 Å². The standard InChI is InChI=1S/C21H22ClN3O/c1-16-5-2-3-8-20(16)21-23-18(15-26-21)14-24-9-11-25(12-10-24)19-7-4-6-17(22)13-19/h2-8,13,15H,9-12,14H2,1H3. The molecule has 0 spiro atoms. The molecule has 0 atom stereocenters. The van der Waals surface area contributed by atoms with Crippen LogP contribution in [0, 0.1) is 6.92 Å².